The van der Waals surface area contributed by atoms with E-state index >= 15 is 0 Å². The van der Waals surface area contributed by atoms with Crippen molar-refractivity contribution >= 4 is 29.3 Å². The van der Waals surface area contributed by atoms with Gasteiger partial charge in [-0.25, -0.2) is 0 Å². The second-order valence-corrected chi connectivity index (χ2v) is 9.67. The number of halogens is 1. The third kappa shape index (κ3) is 7.62. The molecule has 3 rings (SSSR count). The van der Waals surface area contributed by atoms with Crippen LogP contribution in [0.25, 0.3) is 0 Å². The maximum absolute atomic E-state index is 13.4. The molecule has 2 aromatic carbocycles. The minimum absolute atomic E-state index is 0.0932. The third-order valence-electron chi connectivity index (χ3n) is 5.85. The average Bonchev–Trinajstić information content (AvgIpc) is 2.85. The number of ether oxygens (including phenoxy) is 2. The lowest BCUT2D eigenvalue weighted by Crippen LogP contribution is -2.46. The molecule has 0 bridgehead atoms. The minimum Gasteiger partial charge on any atom is -0.496 e. The highest BCUT2D eigenvalue weighted by Crippen LogP contribution is 2.24. The predicted octanol–water partition coefficient (Wildman–Crippen LogP) is 3.92. The van der Waals surface area contributed by atoms with Gasteiger partial charge in [0.25, 0.3) is 11.8 Å². The zero-order valence-electron chi connectivity index (χ0n) is 21.0. The molecule has 2 N–H and O–H groups in total. The van der Waals surface area contributed by atoms with Gasteiger partial charge in [-0.15, -0.1) is 0 Å². The molecule has 2 aromatic rings. The maximum atomic E-state index is 13.4. The number of para-hydroxylation sites is 1. The van der Waals surface area contributed by atoms with Crippen molar-refractivity contribution in [1.82, 2.24) is 15.5 Å². The van der Waals surface area contributed by atoms with E-state index < -0.39 is 0 Å². The van der Waals surface area contributed by atoms with Gasteiger partial charge in [0.2, 0.25) is 5.91 Å². The van der Waals surface area contributed by atoms with Gasteiger partial charge in [-0.1, -0.05) is 37.6 Å². The number of carbonyl (C=O) groups is 3. The van der Waals surface area contributed by atoms with E-state index in [4.69, 9.17) is 21.1 Å². The summed E-state index contributed by atoms with van der Waals surface area (Å²) >= 11 is 6.13. The number of rotatable bonds is 4. The van der Waals surface area contributed by atoms with E-state index in [1.54, 1.807) is 42.5 Å². The van der Waals surface area contributed by atoms with Crippen LogP contribution in [0.2, 0.25) is 5.02 Å². The predicted molar refractivity (Wildman–Crippen MR) is 139 cm³/mol. The highest BCUT2D eigenvalue weighted by atomic mass is 35.5. The molecular formula is C27H34ClN3O5. The standard InChI is InChI=1S/C27H34ClN3O5/c1-18(2)14-20-17-36-24-11-10-19(28)15-22(24)26(33)29-12-6-7-13-31(16-25(32)30-20)27(34)21-8-4-5-9-23(21)35-3/h4-5,8-11,15,18,20H,6-7,12-14,16-17H2,1-3H3,(H,29,33)(H,30,32)/t20-/m1/s1. The molecular weight excluding hydrogens is 482 g/mol. The van der Waals surface area contributed by atoms with Crippen molar-refractivity contribution in [3.05, 3.63) is 58.6 Å². The Balaban J connectivity index is 1.85. The van der Waals surface area contributed by atoms with Crippen LogP contribution in [0.3, 0.4) is 0 Å². The Morgan fingerprint density at radius 3 is 2.72 bits per heavy atom. The van der Waals surface area contributed by atoms with Crippen molar-refractivity contribution in [2.24, 2.45) is 5.92 Å². The smallest absolute Gasteiger partial charge is 0.258 e. The largest absolute Gasteiger partial charge is 0.496 e. The van der Waals surface area contributed by atoms with E-state index in [9.17, 15) is 14.4 Å². The van der Waals surface area contributed by atoms with Crippen LogP contribution in [0.1, 0.15) is 53.8 Å². The summed E-state index contributed by atoms with van der Waals surface area (Å²) < 4.78 is 11.3. The van der Waals surface area contributed by atoms with Gasteiger partial charge in [0, 0.05) is 18.1 Å². The van der Waals surface area contributed by atoms with E-state index in [2.05, 4.69) is 24.5 Å². The monoisotopic (exact) mass is 515 g/mol. The Bertz CT molecular complexity index is 1080. The number of hydrogen-bond donors (Lipinski definition) is 2. The number of hydrogen-bond acceptors (Lipinski definition) is 5. The Morgan fingerprint density at radius 1 is 1.19 bits per heavy atom. The zero-order chi connectivity index (χ0) is 26.1. The second kappa shape index (κ2) is 13.2. The Kier molecular flexibility index (Phi) is 9.99. The molecule has 0 saturated carbocycles. The molecule has 1 aliphatic rings. The van der Waals surface area contributed by atoms with E-state index in [1.807, 2.05) is 0 Å². The lowest BCUT2D eigenvalue weighted by atomic mass is 10.0. The molecule has 0 aliphatic carbocycles. The maximum Gasteiger partial charge on any atom is 0.258 e. The summed E-state index contributed by atoms with van der Waals surface area (Å²) in [4.78, 5) is 40.8. The second-order valence-electron chi connectivity index (χ2n) is 9.24. The number of fused-ring (bicyclic) bond motifs is 1. The average molecular weight is 516 g/mol. The van der Waals surface area contributed by atoms with Gasteiger partial charge < -0.3 is 25.0 Å². The number of methoxy groups -OCH3 is 1. The fraction of sp³-hybridized carbons (Fsp3) is 0.444. The Hall–Kier alpha value is -3.26. The SMILES string of the molecule is COc1ccccc1C(=O)N1CCCCNC(=O)c2cc(Cl)ccc2OC[C@@H](CC(C)C)NC(=O)C1. The van der Waals surface area contributed by atoms with Crippen LogP contribution in [0.15, 0.2) is 42.5 Å². The molecule has 0 aromatic heterocycles. The lowest BCUT2D eigenvalue weighted by Gasteiger charge is -2.26. The number of amides is 3. The zero-order valence-corrected chi connectivity index (χ0v) is 21.8. The molecule has 9 heteroatoms. The van der Waals surface area contributed by atoms with Gasteiger partial charge in [-0.3, -0.25) is 14.4 Å². The van der Waals surface area contributed by atoms with Crippen molar-refractivity contribution < 1.29 is 23.9 Å². The number of benzene rings is 2. The lowest BCUT2D eigenvalue weighted by molar-refractivity contribution is -0.122. The molecule has 194 valence electrons. The fourth-order valence-corrected chi connectivity index (χ4v) is 4.32. The first-order valence-electron chi connectivity index (χ1n) is 12.2. The highest BCUT2D eigenvalue weighted by molar-refractivity contribution is 6.31. The van der Waals surface area contributed by atoms with Crippen molar-refractivity contribution in [3.8, 4) is 11.5 Å². The number of nitrogens with zero attached hydrogens (tertiary/aromatic N) is 1. The van der Waals surface area contributed by atoms with Gasteiger partial charge in [-0.2, -0.15) is 0 Å². The molecule has 8 nitrogen and oxygen atoms in total. The van der Waals surface area contributed by atoms with Crippen LogP contribution in [0.4, 0.5) is 0 Å². The Labute approximate surface area is 217 Å². The van der Waals surface area contributed by atoms with Crippen LogP contribution >= 0.6 is 11.6 Å². The molecule has 36 heavy (non-hydrogen) atoms. The van der Waals surface area contributed by atoms with E-state index in [0.29, 0.717) is 65.9 Å². The molecule has 1 heterocycles. The summed E-state index contributed by atoms with van der Waals surface area (Å²) in [5.41, 5.74) is 0.744. The van der Waals surface area contributed by atoms with Gasteiger partial charge in [-0.05, 0) is 55.5 Å². The summed E-state index contributed by atoms with van der Waals surface area (Å²) in [6, 6.07) is 11.6. The fourth-order valence-electron chi connectivity index (χ4n) is 4.15. The van der Waals surface area contributed by atoms with Crippen LogP contribution < -0.4 is 20.1 Å². The van der Waals surface area contributed by atoms with Crippen LogP contribution in [0.5, 0.6) is 11.5 Å². The van der Waals surface area contributed by atoms with Gasteiger partial charge >= 0.3 is 0 Å². The molecule has 0 unspecified atom stereocenters. The number of nitrogens with one attached hydrogen (secondary N) is 2. The molecule has 0 saturated heterocycles. The molecule has 3 amide bonds. The first kappa shape index (κ1) is 27.3. The van der Waals surface area contributed by atoms with Gasteiger partial charge in [0.1, 0.15) is 18.1 Å². The molecule has 1 atom stereocenters. The molecule has 0 fully saturated rings. The molecule has 0 spiro atoms. The van der Waals surface area contributed by atoms with Crippen molar-refractivity contribution in [1.29, 1.82) is 0 Å². The summed E-state index contributed by atoms with van der Waals surface area (Å²) in [7, 11) is 1.51. The van der Waals surface area contributed by atoms with Crippen LogP contribution in [-0.4, -0.2) is 62.0 Å². The molecule has 0 radical (unpaired) electrons. The normalized spacial score (nSPS) is 17.7. The summed E-state index contributed by atoms with van der Waals surface area (Å²) in [5, 5.41) is 6.35. The minimum atomic E-state index is -0.308. The van der Waals surface area contributed by atoms with E-state index in [1.165, 1.54) is 12.0 Å². The van der Waals surface area contributed by atoms with E-state index in [-0.39, 0.29) is 36.9 Å². The summed E-state index contributed by atoms with van der Waals surface area (Å²) in [6.45, 7) is 4.95. The van der Waals surface area contributed by atoms with Crippen LogP contribution in [-0.2, 0) is 4.79 Å². The summed E-state index contributed by atoms with van der Waals surface area (Å²) in [5.74, 6) is 0.313. The van der Waals surface area contributed by atoms with Crippen LogP contribution in [0, 0.1) is 5.92 Å². The van der Waals surface area contributed by atoms with Gasteiger partial charge in [0.15, 0.2) is 0 Å². The van der Waals surface area contributed by atoms with Crippen molar-refractivity contribution in [3.63, 3.8) is 0 Å². The summed E-state index contributed by atoms with van der Waals surface area (Å²) in [6.07, 6.45) is 1.89. The quantitative estimate of drug-likeness (QED) is 0.643. The first-order valence-corrected chi connectivity index (χ1v) is 12.6. The molecule has 1 aliphatic heterocycles. The van der Waals surface area contributed by atoms with Gasteiger partial charge in [0.05, 0.1) is 30.8 Å². The number of carbonyl (C=O) groups excluding carboxylic acids is 3. The van der Waals surface area contributed by atoms with Crippen molar-refractivity contribution in [2.75, 3.05) is 33.4 Å². The van der Waals surface area contributed by atoms with Crippen molar-refractivity contribution in [2.45, 2.75) is 39.2 Å². The van der Waals surface area contributed by atoms with E-state index in [0.717, 1.165) is 0 Å². The third-order valence-corrected chi connectivity index (χ3v) is 6.08. The topological polar surface area (TPSA) is 97.0 Å². The Morgan fingerprint density at radius 2 is 1.97 bits per heavy atom. The first-order chi connectivity index (χ1) is 17.3. The highest BCUT2D eigenvalue weighted by Gasteiger charge is 2.24.